The molecule has 0 aliphatic heterocycles. The molecule has 124 heavy (non-hydrogen) atoms. The van der Waals surface area contributed by atoms with Gasteiger partial charge in [0.2, 0.25) is 0 Å². The maximum absolute atomic E-state index is 2.42. The highest BCUT2D eigenvalue weighted by Gasteiger charge is 2.44. The molecule has 0 N–H and O–H groups in total. The third-order valence-electron chi connectivity index (χ3n) is 35.9. The van der Waals surface area contributed by atoms with E-state index in [1.807, 2.05) is 0 Å². The zero-order valence-electron chi connectivity index (χ0n) is 90.0. The van der Waals surface area contributed by atoms with Crippen molar-refractivity contribution < 1.29 is 0 Å². The van der Waals surface area contributed by atoms with Gasteiger partial charge in [-0.3, -0.25) is 0 Å². The van der Waals surface area contributed by atoms with Crippen LogP contribution in [0, 0.1) is 360 Å². The minimum absolute atomic E-state index is 0.0886. The Morgan fingerprint density at radius 2 is 0.129 bits per heavy atom. The number of rotatable bonds is 3. The van der Waals surface area contributed by atoms with Crippen LogP contribution in [0.2, 0.25) is 0 Å². The second kappa shape index (κ2) is 36.3. The number of hydrogen-bond donors (Lipinski definition) is 0. The molecule has 0 saturated carbocycles. The minimum Gasteiger partial charge on any atom is -0.0516 e. The van der Waals surface area contributed by atoms with Crippen molar-refractivity contribution in [1.82, 2.24) is 0 Å². The molecule has 0 aromatic heterocycles. The Labute approximate surface area is 760 Å². The first-order valence-electron chi connectivity index (χ1n) is 46.8. The molecule has 13 rings (SSSR count). The lowest BCUT2D eigenvalue weighted by Crippen LogP contribution is -2.19. The highest BCUT2D eigenvalue weighted by molar-refractivity contribution is 5.92. The fourth-order valence-electron chi connectivity index (χ4n) is 22.8. The Hall–Kier alpha value is -8.58. The molecule has 11 aromatic carbocycles. The zero-order chi connectivity index (χ0) is 95.1. The lowest BCUT2D eigenvalue weighted by molar-refractivity contribution is 0.648. The first-order chi connectivity index (χ1) is 56.8. The maximum atomic E-state index is 2.42. The van der Waals surface area contributed by atoms with Crippen molar-refractivity contribution in [3.8, 4) is 55.6 Å². The van der Waals surface area contributed by atoms with E-state index in [-0.39, 0.29) is 10.8 Å². The topological polar surface area (TPSA) is 0 Å². The molecule has 0 fully saturated rings. The fraction of sp³-hybridized carbons (Fsp3) is 0.468. The predicted molar refractivity (Wildman–Crippen MR) is 556 cm³/mol. The van der Waals surface area contributed by atoms with Gasteiger partial charge in [0.15, 0.2) is 0 Å². The molecule has 0 bridgehead atoms. The van der Waals surface area contributed by atoms with Crippen LogP contribution >= 0.6 is 0 Å². The van der Waals surface area contributed by atoms with E-state index in [9.17, 15) is 0 Å². The summed E-state index contributed by atoms with van der Waals surface area (Å²) < 4.78 is 0. The normalized spacial score (nSPS) is 12.5. The molecule has 0 heterocycles. The molecule has 0 atom stereocenters. The summed E-state index contributed by atoms with van der Waals surface area (Å²) in [5, 5.41) is 0. The van der Waals surface area contributed by atoms with E-state index < -0.39 is 0 Å². The summed E-state index contributed by atoms with van der Waals surface area (Å²) in [5.41, 5.74) is 96.7. The maximum Gasteiger partial charge on any atom is 0.0164 e. The van der Waals surface area contributed by atoms with E-state index in [1.54, 1.807) is 22.3 Å². The van der Waals surface area contributed by atoms with Gasteiger partial charge < -0.3 is 0 Å². The first kappa shape index (κ1) is 101. The van der Waals surface area contributed by atoms with E-state index in [0.717, 1.165) is 0 Å². The van der Waals surface area contributed by atoms with Gasteiger partial charge in [0.25, 0.3) is 0 Å². The van der Waals surface area contributed by atoms with E-state index >= 15 is 0 Å². The van der Waals surface area contributed by atoms with Crippen LogP contribution in [-0.2, 0) is 10.8 Å². The predicted octanol–water partition coefficient (Wildman–Crippen LogP) is 35.8. The highest BCUT2D eigenvalue weighted by atomic mass is 14.5. The van der Waals surface area contributed by atoms with E-state index in [0.29, 0.717) is 0 Å². The minimum atomic E-state index is 0.0886. The lowest BCUT2D eigenvalue weighted by Gasteiger charge is -2.28. The quantitative estimate of drug-likeness (QED) is 0.165. The molecule has 2 aliphatic carbocycles. The van der Waals surface area contributed by atoms with Crippen LogP contribution in [0.4, 0.5) is 0 Å². The second-order valence-electron chi connectivity index (χ2n) is 41.0. The summed E-state index contributed by atoms with van der Waals surface area (Å²) in [6.45, 7) is 128. The summed E-state index contributed by atoms with van der Waals surface area (Å²) in [4.78, 5) is 0. The van der Waals surface area contributed by atoms with Crippen molar-refractivity contribution >= 4 is 0 Å². The van der Waals surface area contributed by atoms with E-state index in [1.165, 1.54) is 345 Å². The Balaban J connectivity index is 0.000000186. The van der Waals surface area contributed by atoms with Crippen molar-refractivity contribution in [2.75, 3.05) is 0 Å². The van der Waals surface area contributed by atoms with Crippen molar-refractivity contribution in [2.24, 2.45) is 0 Å². The van der Waals surface area contributed by atoms with Crippen LogP contribution in [0.3, 0.4) is 0 Å². The molecule has 0 nitrogen and oxygen atoms in total. The summed E-state index contributed by atoms with van der Waals surface area (Å²) in [6.07, 6.45) is 0. The molecular weight excluding hydrogens is 1490 g/mol. The van der Waals surface area contributed by atoms with Crippen molar-refractivity contribution in [3.63, 3.8) is 0 Å². The molecule has 0 heteroatoms. The zero-order valence-corrected chi connectivity index (χ0v) is 90.0. The van der Waals surface area contributed by atoms with Gasteiger partial charge in [0.1, 0.15) is 0 Å². The summed E-state index contributed by atoms with van der Waals surface area (Å²) in [7, 11) is 0. The fourth-order valence-corrected chi connectivity index (χ4v) is 22.8. The highest BCUT2D eigenvalue weighted by Crippen LogP contribution is 2.58. The van der Waals surface area contributed by atoms with Gasteiger partial charge in [-0.2, -0.15) is 0 Å². The average molecular weight is 1660 g/mol. The smallest absolute Gasteiger partial charge is 0.0164 e. The van der Waals surface area contributed by atoms with Gasteiger partial charge in [-0.25, -0.2) is 0 Å². The van der Waals surface area contributed by atoms with Crippen LogP contribution in [0.15, 0.2) is 0 Å². The van der Waals surface area contributed by atoms with Gasteiger partial charge in [-0.1, -0.05) is 27.7 Å². The molecule has 2 aliphatic rings. The molecule has 0 spiro atoms. The van der Waals surface area contributed by atoms with Crippen LogP contribution in [0.1, 0.15) is 339 Å². The Morgan fingerprint density at radius 1 is 0.0726 bits per heavy atom. The van der Waals surface area contributed by atoms with Crippen LogP contribution in [-0.4, -0.2) is 0 Å². The number of hydrogen-bond acceptors (Lipinski definition) is 0. The van der Waals surface area contributed by atoms with Crippen molar-refractivity contribution in [3.05, 3.63) is 312 Å². The van der Waals surface area contributed by atoms with E-state index in [2.05, 4.69) is 388 Å². The Bertz CT molecular complexity index is 5220. The van der Waals surface area contributed by atoms with Gasteiger partial charge in [0, 0.05) is 10.8 Å². The Morgan fingerprint density at radius 3 is 0.210 bits per heavy atom. The van der Waals surface area contributed by atoms with Crippen LogP contribution in [0.5, 0.6) is 0 Å². The van der Waals surface area contributed by atoms with Crippen LogP contribution in [0.25, 0.3) is 55.6 Å². The van der Waals surface area contributed by atoms with Crippen molar-refractivity contribution in [1.29, 1.82) is 0 Å². The van der Waals surface area contributed by atoms with Gasteiger partial charge in [0.05, 0.1) is 0 Å². The standard InChI is InChI=1S/2C23H30.3C22H30.C12H18/c2*1-11-13(3)17(7)21-19(15(11)5)20-16(6)12(2)14(4)18(8)22(20)23(21,9)10;3*1-11-13(3)17(7)21(18(8)14(11)4)22-19(9)15(5)12(2)16(6)20(22)10;1-7-8(2)10(4)12(6)11(5)9(7)3/h2*1-10H3;3*1-10H3;1-6H3. The van der Waals surface area contributed by atoms with Gasteiger partial charge >= 0.3 is 0 Å². The molecule has 11 aromatic rings. The Kier molecular flexibility index (Phi) is 29.5. The van der Waals surface area contributed by atoms with Gasteiger partial charge in [-0.05, 0) is 727 Å². The molecule has 0 saturated heterocycles. The number of benzene rings is 11. The summed E-state index contributed by atoms with van der Waals surface area (Å²) >= 11 is 0. The molecule has 0 amide bonds. The molecule has 0 radical (unpaired) electrons. The third-order valence-corrected chi connectivity index (χ3v) is 35.9. The third kappa shape index (κ3) is 16.0. The number of fused-ring (bicyclic) bond motifs is 6. The second-order valence-corrected chi connectivity index (χ2v) is 41.0. The van der Waals surface area contributed by atoms with Crippen molar-refractivity contribution in [2.45, 2.75) is 399 Å². The first-order valence-corrected chi connectivity index (χ1v) is 46.8. The molecule has 664 valence electrons. The van der Waals surface area contributed by atoms with Gasteiger partial charge in [-0.15, -0.1) is 0 Å². The molecular formula is C124H168. The monoisotopic (exact) mass is 1660 g/mol. The average Bonchev–Trinajstić information content (AvgIpc) is 1.54. The van der Waals surface area contributed by atoms with Crippen LogP contribution < -0.4 is 0 Å². The summed E-state index contributed by atoms with van der Waals surface area (Å²) in [5.74, 6) is 0. The summed E-state index contributed by atoms with van der Waals surface area (Å²) in [6, 6.07) is 0. The molecule has 0 unspecified atom stereocenters. The van der Waals surface area contributed by atoms with E-state index in [4.69, 9.17) is 0 Å². The largest absolute Gasteiger partial charge is 0.0516 e. The lowest BCUT2D eigenvalue weighted by atomic mass is 9.76. The SMILES string of the molecule is Cc1c(C)c(C)c(-c2c(C)c(C)c(C)c(C)c2C)c(C)c1C.Cc1c(C)c(C)c(-c2c(C)c(C)c(C)c(C)c2C)c(C)c1C.Cc1c(C)c(C)c(-c2c(C)c(C)c(C)c(C)c2C)c(C)c1C.Cc1c(C)c(C)c(C)c(C)c1C.Cc1c(C)c(C)c2c(c1C)-c1c(C)c(C)c(C)c(C)c1C2(C)C.Cc1c(C)c(C)c2c(c1C)-c1c(C)c(C)c(C)c(C)c1C2(C)C.